The van der Waals surface area contributed by atoms with Gasteiger partial charge in [0.1, 0.15) is 0 Å². The molecule has 2 nitrogen and oxygen atoms in total. The molecule has 0 radical (unpaired) electrons. The normalized spacial score (nSPS) is 34.2. The highest BCUT2D eigenvalue weighted by molar-refractivity contribution is 5.09. The van der Waals surface area contributed by atoms with E-state index in [-0.39, 0.29) is 5.66 Å². The third-order valence-electron chi connectivity index (χ3n) is 3.34. The Morgan fingerprint density at radius 3 is 1.80 bits per heavy atom. The van der Waals surface area contributed by atoms with Gasteiger partial charge < -0.3 is 11.5 Å². The highest BCUT2D eigenvalue weighted by Crippen LogP contribution is 2.58. The van der Waals surface area contributed by atoms with Gasteiger partial charge in [-0.25, -0.2) is 0 Å². The smallest absolute Gasteiger partial charge is 0.0694 e. The van der Waals surface area contributed by atoms with Crippen LogP contribution in [0.25, 0.3) is 0 Å². The van der Waals surface area contributed by atoms with Gasteiger partial charge >= 0.3 is 0 Å². The SMILES string of the molecule is NC1(N)CCCCC12CC2. The molecule has 2 aliphatic carbocycles. The quantitative estimate of drug-likeness (QED) is 0.492. The summed E-state index contributed by atoms with van der Waals surface area (Å²) in [7, 11) is 0. The molecule has 2 rings (SSSR count). The minimum absolute atomic E-state index is 0.314. The highest BCUT2D eigenvalue weighted by Gasteiger charge is 2.55. The monoisotopic (exact) mass is 140 g/mol. The van der Waals surface area contributed by atoms with Gasteiger partial charge in [0, 0.05) is 5.41 Å². The van der Waals surface area contributed by atoms with Crippen molar-refractivity contribution in [2.75, 3.05) is 0 Å². The first-order valence-corrected chi connectivity index (χ1v) is 4.24. The zero-order valence-electron chi connectivity index (χ0n) is 6.40. The van der Waals surface area contributed by atoms with E-state index in [9.17, 15) is 0 Å². The van der Waals surface area contributed by atoms with Gasteiger partial charge in [0.25, 0.3) is 0 Å². The number of hydrogen-bond acceptors (Lipinski definition) is 2. The van der Waals surface area contributed by atoms with E-state index in [2.05, 4.69) is 0 Å². The Bertz CT molecular complexity index is 141. The third kappa shape index (κ3) is 0.722. The van der Waals surface area contributed by atoms with Gasteiger partial charge in [0.2, 0.25) is 0 Å². The van der Waals surface area contributed by atoms with Crippen LogP contribution in [0.5, 0.6) is 0 Å². The average molecular weight is 140 g/mol. The lowest BCUT2D eigenvalue weighted by Gasteiger charge is -2.38. The fourth-order valence-corrected chi connectivity index (χ4v) is 2.25. The lowest BCUT2D eigenvalue weighted by Crippen LogP contribution is -2.58. The zero-order valence-corrected chi connectivity index (χ0v) is 6.40. The van der Waals surface area contributed by atoms with Crippen molar-refractivity contribution in [1.29, 1.82) is 0 Å². The summed E-state index contributed by atoms with van der Waals surface area (Å²) >= 11 is 0. The molecule has 0 unspecified atom stereocenters. The molecule has 0 bridgehead atoms. The van der Waals surface area contributed by atoms with Crippen LogP contribution in [0.4, 0.5) is 0 Å². The van der Waals surface area contributed by atoms with Crippen LogP contribution in [0.15, 0.2) is 0 Å². The van der Waals surface area contributed by atoms with E-state index < -0.39 is 0 Å². The second-order valence-corrected chi connectivity index (χ2v) is 4.03. The first-order chi connectivity index (χ1) is 4.66. The molecule has 2 fully saturated rings. The van der Waals surface area contributed by atoms with Crippen molar-refractivity contribution >= 4 is 0 Å². The molecule has 4 N–H and O–H groups in total. The summed E-state index contributed by atoms with van der Waals surface area (Å²) in [6.07, 6.45) is 7.44. The predicted octanol–water partition coefficient (Wildman–Crippen LogP) is 0.954. The largest absolute Gasteiger partial charge is 0.313 e. The molecule has 58 valence electrons. The molecule has 2 saturated carbocycles. The molecule has 2 heteroatoms. The number of rotatable bonds is 0. The Labute approximate surface area is 62.0 Å². The first kappa shape index (κ1) is 6.62. The number of hydrogen-bond donors (Lipinski definition) is 2. The van der Waals surface area contributed by atoms with Crippen LogP contribution in [-0.4, -0.2) is 5.66 Å². The molecule has 10 heavy (non-hydrogen) atoms. The van der Waals surface area contributed by atoms with Gasteiger partial charge in [0.05, 0.1) is 5.66 Å². The minimum Gasteiger partial charge on any atom is -0.313 e. The van der Waals surface area contributed by atoms with E-state index in [0.29, 0.717) is 5.41 Å². The Hall–Kier alpha value is -0.0800. The molecular weight excluding hydrogens is 124 g/mol. The van der Waals surface area contributed by atoms with E-state index in [1.54, 1.807) is 0 Å². The molecule has 0 saturated heterocycles. The first-order valence-electron chi connectivity index (χ1n) is 4.24. The lowest BCUT2D eigenvalue weighted by molar-refractivity contribution is 0.172. The number of nitrogens with two attached hydrogens (primary N) is 2. The van der Waals surface area contributed by atoms with Gasteiger partial charge in [-0.2, -0.15) is 0 Å². The standard InChI is InChI=1S/C8H16N2/c9-8(10)4-2-1-3-7(8)5-6-7/h1-6,9-10H2. The van der Waals surface area contributed by atoms with Crippen molar-refractivity contribution in [2.45, 2.75) is 44.2 Å². The van der Waals surface area contributed by atoms with E-state index >= 15 is 0 Å². The second-order valence-electron chi connectivity index (χ2n) is 4.03. The van der Waals surface area contributed by atoms with E-state index in [4.69, 9.17) is 11.5 Å². The summed E-state index contributed by atoms with van der Waals surface area (Å²) in [5.74, 6) is 0. The van der Waals surface area contributed by atoms with Crippen LogP contribution in [0.2, 0.25) is 0 Å². The molecule has 1 spiro atoms. The topological polar surface area (TPSA) is 52.0 Å². The van der Waals surface area contributed by atoms with E-state index in [0.717, 1.165) is 6.42 Å². The van der Waals surface area contributed by atoms with Crippen LogP contribution in [0.3, 0.4) is 0 Å². The van der Waals surface area contributed by atoms with Crippen molar-refractivity contribution in [1.82, 2.24) is 0 Å². The van der Waals surface area contributed by atoms with Gasteiger partial charge in [-0.05, 0) is 25.7 Å². The molecule has 0 aliphatic heterocycles. The van der Waals surface area contributed by atoms with Crippen LogP contribution in [0, 0.1) is 5.41 Å². The molecule has 0 aromatic rings. The van der Waals surface area contributed by atoms with Crippen LogP contribution < -0.4 is 11.5 Å². The summed E-state index contributed by atoms with van der Waals surface area (Å²) < 4.78 is 0. The van der Waals surface area contributed by atoms with Gasteiger partial charge in [0.15, 0.2) is 0 Å². The molecule has 0 aromatic heterocycles. The molecule has 0 atom stereocenters. The van der Waals surface area contributed by atoms with E-state index in [1.165, 1.54) is 32.1 Å². The predicted molar refractivity (Wildman–Crippen MR) is 41.2 cm³/mol. The maximum atomic E-state index is 6.00. The summed E-state index contributed by atoms with van der Waals surface area (Å²) in [4.78, 5) is 0. The molecule has 0 aromatic carbocycles. The van der Waals surface area contributed by atoms with Crippen molar-refractivity contribution < 1.29 is 0 Å². The fraction of sp³-hybridized carbons (Fsp3) is 1.00. The van der Waals surface area contributed by atoms with Crippen molar-refractivity contribution in [3.8, 4) is 0 Å². The highest BCUT2D eigenvalue weighted by atomic mass is 15.0. The van der Waals surface area contributed by atoms with Gasteiger partial charge in [-0.1, -0.05) is 12.8 Å². The Morgan fingerprint density at radius 2 is 1.40 bits per heavy atom. The fourth-order valence-electron chi connectivity index (χ4n) is 2.25. The Balaban J connectivity index is 2.15. The molecule has 2 aliphatic rings. The van der Waals surface area contributed by atoms with Crippen LogP contribution >= 0.6 is 0 Å². The maximum Gasteiger partial charge on any atom is 0.0694 e. The lowest BCUT2D eigenvalue weighted by atomic mass is 9.77. The summed E-state index contributed by atoms with van der Waals surface area (Å²) in [6, 6.07) is 0. The second kappa shape index (κ2) is 1.74. The third-order valence-corrected chi connectivity index (χ3v) is 3.34. The van der Waals surface area contributed by atoms with Crippen LogP contribution in [-0.2, 0) is 0 Å². The van der Waals surface area contributed by atoms with Crippen molar-refractivity contribution in [3.05, 3.63) is 0 Å². The average Bonchev–Trinajstić information content (AvgIpc) is 2.59. The van der Waals surface area contributed by atoms with Crippen molar-refractivity contribution in [3.63, 3.8) is 0 Å². The summed E-state index contributed by atoms with van der Waals surface area (Å²) in [5.41, 5.74) is 12.1. The summed E-state index contributed by atoms with van der Waals surface area (Å²) in [5, 5.41) is 0. The molecule has 0 amide bonds. The Morgan fingerprint density at radius 1 is 0.800 bits per heavy atom. The zero-order chi connectivity index (χ0) is 7.24. The van der Waals surface area contributed by atoms with Gasteiger partial charge in [-0.3, -0.25) is 0 Å². The summed E-state index contributed by atoms with van der Waals surface area (Å²) in [6.45, 7) is 0. The van der Waals surface area contributed by atoms with Crippen molar-refractivity contribution in [2.24, 2.45) is 16.9 Å². The van der Waals surface area contributed by atoms with Crippen LogP contribution in [0.1, 0.15) is 38.5 Å². The minimum atomic E-state index is -0.314. The Kier molecular flexibility index (Phi) is 1.15. The maximum absolute atomic E-state index is 6.00. The van der Waals surface area contributed by atoms with Gasteiger partial charge in [-0.15, -0.1) is 0 Å². The molecule has 0 heterocycles. The molecular formula is C8H16N2. The van der Waals surface area contributed by atoms with E-state index in [1.807, 2.05) is 0 Å².